The van der Waals surface area contributed by atoms with Crippen LogP contribution in [0.25, 0.3) is 5.69 Å². The van der Waals surface area contributed by atoms with Crippen LogP contribution in [0.15, 0.2) is 48.7 Å². The van der Waals surface area contributed by atoms with Crippen LogP contribution in [0.2, 0.25) is 5.02 Å². The van der Waals surface area contributed by atoms with E-state index in [-0.39, 0.29) is 11.6 Å². The van der Waals surface area contributed by atoms with Gasteiger partial charge in [-0.3, -0.25) is 4.79 Å². The summed E-state index contributed by atoms with van der Waals surface area (Å²) >= 11 is 6.17. The van der Waals surface area contributed by atoms with Crippen molar-refractivity contribution >= 4 is 28.9 Å². The number of likely N-dealkylation sites (N-methyl/N-ethyl adjacent to an activating group) is 1. The molecule has 0 saturated heterocycles. The van der Waals surface area contributed by atoms with Crippen LogP contribution in [0, 0.1) is 5.82 Å². The van der Waals surface area contributed by atoms with Crippen LogP contribution >= 0.6 is 11.6 Å². The van der Waals surface area contributed by atoms with E-state index in [0.29, 0.717) is 29.5 Å². The maximum atomic E-state index is 13.7. The lowest BCUT2D eigenvalue weighted by Crippen LogP contribution is -2.42. The van der Waals surface area contributed by atoms with Crippen LogP contribution in [0.5, 0.6) is 0 Å². The van der Waals surface area contributed by atoms with Gasteiger partial charge in [0.25, 0.3) is 5.91 Å². The van der Waals surface area contributed by atoms with Crippen molar-refractivity contribution in [1.82, 2.24) is 15.0 Å². The number of amides is 1. The topological polar surface area (TPSA) is 54.3 Å². The van der Waals surface area contributed by atoms with E-state index in [0.717, 1.165) is 5.69 Å². The molecular formula is C18H15ClFN5O. The average Bonchev–Trinajstić information content (AvgIpc) is 3.11. The standard InChI is InChI=1S/C18H15ClFN5O/c1-23-8-9-24(17-10-12(20)6-7-16(17)23)18(26)14-11-25(22-21-14)15-5-3-2-4-13(15)19/h2-7,10-11H,8-9H2,1H3. The SMILES string of the molecule is CN1CCN(C(=O)c2cn(-c3ccccc3Cl)nn2)c2cc(F)ccc21. The molecule has 0 bridgehead atoms. The third-order valence-electron chi connectivity index (χ3n) is 4.36. The van der Waals surface area contributed by atoms with E-state index in [9.17, 15) is 9.18 Å². The Kier molecular flexibility index (Phi) is 4.08. The lowest BCUT2D eigenvalue weighted by Gasteiger charge is -2.35. The first-order valence-electron chi connectivity index (χ1n) is 8.04. The van der Waals surface area contributed by atoms with Crippen molar-refractivity contribution in [3.63, 3.8) is 0 Å². The molecule has 0 fully saturated rings. The molecule has 1 aliphatic heterocycles. The van der Waals surface area contributed by atoms with Gasteiger partial charge >= 0.3 is 0 Å². The van der Waals surface area contributed by atoms with Crippen molar-refractivity contribution in [3.8, 4) is 5.69 Å². The van der Waals surface area contributed by atoms with Gasteiger partial charge in [-0.25, -0.2) is 9.07 Å². The zero-order valence-corrected chi connectivity index (χ0v) is 14.7. The zero-order chi connectivity index (χ0) is 18.3. The predicted molar refractivity (Wildman–Crippen MR) is 97.7 cm³/mol. The van der Waals surface area contributed by atoms with E-state index < -0.39 is 5.82 Å². The molecule has 2 aromatic carbocycles. The molecule has 6 nitrogen and oxygen atoms in total. The van der Waals surface area contributed by atoms with Crippen LogP contribution in [0.4, 0.5) is 15.8 Å². The van der Waals surface area contributed by atoms with Crippen molar-refractivity contribution < 1.29 is 9.18 Å². The summed E-state index contributed by atoms with van der Waals surface area (Å²) in [6.07, 6.45) is 1.53. The monoisotopic (exact) mass is 371 g/mol. The molecule has 1 amide bonds. The highest BCUT2D eigenvalue weighted by molar-refractivity contribution is 6.32. The van der Waals surface area contributed by atoms with Crippen molar-refractivity contribution in [3.05, 3.63) is 65.2 Å². The summed E-state index contributed by atoms with van der Waals surface area (Å²) in [5.74, 6) is -0.722. The van der Waals surface area contributed by atoms with Crippen LogP contribution in [0.1, 0.15) is 10.5 Å². The van der Waals surface area contributed by atoms with E-state index in [1.54, 1.807) is 18.2 Å². The van der Waals surface area contributed by atoms with Gasteiger partial charge in [0.2, 0.25) is 0 Å². The molecule has 0 saturated carbocycles. The molecule has 0 radical (unpaired) electrons. The molecule has 0 aliphatic carbocycles. The molecule has 3 aromatic rings. The molecule has 0 N–H and O–H groups in total. The Hall–Kier alpha value is -2.93. The van der Waals surface area contributed by atoms with Crippen LogP contribution in [0.3, 0.4) is 0 Å². The third-order valence-corrected chi connectivity index (χ3v) is 4.68. The van der Waals surface area contributed by atoms with Gasteiger partial charge in [-0.1, -0.05) is 28.9 Å². The number of aromatic nitrogens is 3. The van der Waals surface area contributed by atoms with Gasteiger partial charge in [0, 0.05) is 20.1 Å². The van der Waals surface area contributed by atoms with E-state index in [1.165, 1.54) is 27.9 Å². The summed E-state index contributed by atoms with van der Waals surface area (Å²) in [4.78, 5) is 16.5. The van der Waals surface area contributed by atoms with Crippen molar-refractivity contribution in [1.29, 1.82) is 0 Å². The van der Waals surface area contributed by atoms with Crippen molar-refractivity contribution in [2.24, 2.45) is 0 Å². The smallest absolute Gasteiger partial charge is 0.280 e. The quantitative estimate of drug-likeness (QED) is 0.694. The van der Waals surface area contributed by atoms with Gasteiger partial charge in [0.1, 0.15) is 5.82 Å². The minimum atomic E-state index is -0.392. The first-order chi connectivity index (χ1) is 12.5. The molecule has 1 aliphatic rings. The fourth-order valence-corrected chi connectivity index (χ4v) is 3.22. The van der Waals surface area contributed by atoms with Gasteiger partial charge in [-0.05, 0) is 30.3 Å². The minimum absolute atomic E-state index is 0.171. The highest BCUT2D eigenvalue weighted by atomic mass is 35.5. The minimum Gasteiger partial charge on any atom is -0.371 e. The Labute approximate surface area is 154 Å². The molecule has 0 spiro atoms. The largest absolute Gasteiger partial charge is 0.371 e. The Morgan fingerprint density at radius 1 is 1.12 bits per heavy atom. The van der Waals surface area contributed by atoms with Gasteiger partial charge in [-0.2, -0.15) is 0 Å². The summed E-state index contributed by atoms with van der Waals surface area (Å²) in [5, 5.41) is 8.48. The molecule has 132 valence electrons. The summed E-state index contributed by atoms with van der Waals surface area (Å²) in [5.41, 5.74) is 2.12. The second-order valence-electron chi connectivity index (χ2n) is 6.01. The van der Waals surface area contributed by atoms with Crippen molar-refractivity contribution in [2.75, 3.05) is 29.9 Å². The zero-order valence-electron chi connectivity index (χ0n) is 13.9. The molecule has 8 heteroatoms. The van der Waals surface area contributed by atoms with Gasteiger partial charge in [0.15, 0.2) is 5.69 Å². The number of nitrogens with zero attached hydrogens (tertiary/aromatic N) is 5. The number of benzene rings is 2. The Morgan fingerprint density at radius 2 is 1.92 bits per heavy atom. The number of hydrogen-bond donors (Lipinski definition) is 0. The van der Waals surface area contributed by atoms with E-state index in [2.05, 4.69) is 10.3 Å². The maximum absolute atomic E-state index is 13.7. The van der Waals surface area contributed by atoms with E-state index in [1.807, 2.05) is 24.1 Å². The summed E-state index contributed by atoms with van der Waals surface area (Å²) < 4.78 is 15.2. The molecular weight excluding hydrogens is 357 g/mol. The maximum Gasteiger partial charge on any atom is 0.280 e. The molecule has 26 heavy (non-hydrogen) atoms. The highest BCUT2D eigenvalue weighted by Crippen LogP contribution is 2.33. The molecule has 4 rings (SSSR count). The number of para-hydroxylation sites is 1. The van der Waals surface area contributed by atoms with Crippen LogP contribution < -0.4 is 9.80 Å². The fraction of sp³-hybridized carbons (Fsp3) is 0.167. The third kappa shape index (κ3) is 2.80. The normalized spacial score (nSPS) is 13.7. The number of fused-ring (bicyclic) bond motifs is 1. The summed E-state index contributed by atoms with van der Waals surface area (Å²) in [7, 11) is 1.91. The van der Waals surface area contributed by atoms with Crippen LogP contribution in [-0.2, 0) is 0 Å². The Balaban J connectivity index is 1.69. The second kappa shape index (κ2) is 6.42. The molecule has 0 atom stereocenters. The van der Waals surface area contributed by atoms with Gasteiger partial charge < -0.3 is 9.80 Å². The Bertz CT molecular complexity index is 989. The van der Waals surface area contributed by atoms with Gasteiger partial charge in [0.05, 0.1) is 28.3 Å². The number of carbonyl (C=O) groups excluding carboxylic acids is 1. The number of rotatable bonds is 2. The second-order valence-corrected chi connectivity index (χ2v) is 6.42. The number of carbonyl (C=O) groups is 1. The molecule has 0 unspecified atom stereocenters. The van der Waals surface area contributed by atoms with Gasteiger partial charge in [-0.15, -0.1) is 5.10 Å². The average molecular weight is 372 g/mol. The van der Waals surface area contributed by atoms with Crippen molar-refractivity contribution in [2.45, 2.75) is 0 Å². The summed E-state index contributed by atoms with van der Waals surface area (Å²) in [6.45, 7) is 1.08. The summed E-state index contributed by atoms with van der Waals surface area (Å²) in [6, 6.07) is 11.6. The lowest BCUT2D eigenvalue weighted by atomic mass is 10.1. The molecule has 1 aromatic heterocycles. The first kappa shape index (κ1) is 16.5. The number of anilines is 2. The lowest BCUT2D eigenvalue weighted by molar-refractivity contribution is 0.0982. The predicted octanol–water partition coefficient (Wildman–Crippen LogP) is 3.16. The number of hydrogen-bond acceptors (Lipinski definition) is 4. The van der Waals surface area contributed by atoms with E-state index in [4.69, 9.17) is 11.6 Å². The first-order valence-corrected chi connectivity index (χ1v) is 8.42. The highest BCUT2D eigenvalue weighted by Gasteiger charge is 2.28. The number of halogens is 2. The fourth-order valence-electron chi connectivity index (χ4n) is 2.99. The van der Waals surface area contributed by atoms with Crippen LogP contribution in [-0.4, -0.2) is 41.0 Å². The molecule has 2 heterocycles. The van der Waals surface area contributed by atoms with E-state index >= 15 is 0 Å². The Morgan fingerprint density at radius 3 is 2.73 bits per heavy atom.